The number of pyridine rings is 1. The average Bonchev–Trinajstić information content (AvgIpc) is 3.02. The minimum atomic E-state index is -3.33. The normalized spacial score (nSPS) is 15.4. The van der Waals surface area contributed by atoms with Gasteiger partial charge in [0.25, 0.3) is 0 Å². The van der Waals surface area contributed by atoms with Crippen molar-refractivity contribution in [2.75, 3.05) is 23.3 Å². The first-order valence-corrected chi connectivity index (χ1v) is 7.20. The predicted octanol–water partition coefficient (Wildman–Crippen LogP) is 1.04. The van der Waals surface area contributed by atoms with Gasteiger partial charge in [0.15, 0.2) is 11.6 Å². The van der Waals surface area contributed by atoms with Crippen LogP contribution in [0.3, 0.4) is 0 Å². The number of nitrogens with one attached hydrogen (secondary N) is 2. The van der Waals surface area contributed by atoms with E-state index in [1.54, 1.807) is 13.1 Å². The molecule has 1 fully saturated rings. The van der Waals surface area contributed by atoms with E-state index in [2.05, 4.69) is 15.0 Å². The van der Waals surface area contributed by atoms with E-state index in [0.717, 1.165) is 19.1 Å². The van der Waals surface area contributed by atoms with Crippen LogP contribution in [0.25, 0.3) is 0 Å². The largest absolute Gasteiger partial charge is 0.484 e. The molecule has 0 atom stereocenters. The second kappa shape index (κ2) is 4.40. The fraction of sp³-hybridized carbons (Fsp3) is 0.500. The van der Waals surface area contributed by atoms with Gasteiger partial charge in [-0.05, 0) is 18.9 Å². The Kier molecular flexibility index (Phi) is 3.10. The predicted molar refractivity (Wildman–Crippen MR) is 65.9 cm³/mol. The van der Waals surface area contributed by atoms with Crippen LogP contribution in [0.5, 0.6) is 5.75 Å². The smallest absolute Gasteiger partial charge is 0.229 e. The van der Waals surface area contributed by atoms with E-state index in [0.29, 0.717) is 17.3 Å². The summed E-state index contributed by atoms with van der Waals surface area (Å²) in [7, 11) is -1.61. The molecule has 7 heteroatoms. The number of sulfonamides is 1. The molecule has 0 radical (unpaired) electrons. The van der Waals surface area contributed by atoms with Gasteiger partial charge in [-0.15, -0.1) is 0 Å². The molecule has 0 amide bonds. The van der Waals surface area contributed by atoms with Gasteiger partial charge in [-0.1, -0.05) is 0 Å². The van der Waals surface area contributed by atoms with Crippen LogP contribution in [0.1, 0.15) is 12.8 Å². The molecule has 2 N–H and O–H groups in total. The van der Waals surface area contributed by atoms with Crippen molar-refractivity contribution in [3.63, 3.8) is 0 Å². The topological polar surface area (TPSA) is 80.3 Å². The lowest BCUT2D eigenvalue weighted by molar-refractivity contribution is 0.305. The van der Waals surface area contributed by atoms with Crippen LogP contribution in [0, 0.1) is 0 Å². The molecule has 1 saturated carbocycles. The lowest BCUT2D eigenvalue weighted by atomic mass is 10.3. The SMILES string of the molecule is CNc1nccc(NS(C)(=O)=O)c1OC1CC1. The quantitative estimate of drug-likeness (QED) is 0.823. The Hall–Kier alpha value is -1.50. The Morgan fingerprint density at radius 3 is 2.71 bits per heavy atom. The van der Waals surface area contributed by atoms with Crippen molar-refractivity contribution in [2.24, 2.45) is 0 Å². The highest BCUT2D eigenvalue weighted by molar-refractivity contribution is 7.92. The molecule has 2 rings (SSSR count). The van der Waals surface area contributed by atoms with Gasteiger partial charge in [-0.2, -0.15) is 0 Å². The molecule has 1 aliphatic rings. The summed E-state index contributed by atoms with van der Waals surface area (Å²) in [6.45, 7) is 0. The van der Waals surface area contributed by atoms with Gasteiger partial charge in [0, 0.05) is 13.2 Å². The molecule has 1 heterocycles. The second-order valence-corrected chi connectivity index (χ2v) is 5.73. The Morgan fingerprint density at radius 1 is 1.47 bits per heavy atom. The highest BCUT2D eigenvalue weighted by atomic mass is 32.2. The van der Waals surface area contributed by atoms with E-state index in [1.165, 1.54) is 6.20 Å². The van der Waals surface area contributed by atoms with E-state index in [-0.39, 0.29) is 6.10 Å². The summed E-state index contributed by atoms with van der Waals surface area (Å²) in [4.78, 5) is 4.10. The molecule has 94 valence electrons. The van der Waals surface area contributed by atoms with Crippen LogP contribution in [0.15, 0.2) is 12.3 Å². The monoisotopic (exact) mass is 257 g/mol. The van der Waals surface area contributed by atoms with Gasteiger partial charge < -0.3 is 10.1 Å². The summed E-state index contributed by atoms with van der Waals surface area (Å²) in [6, 6.07) is 1.58. The average molecular weight is 257 g/mol. The minimum absolute atomic E-state index is 0.173. The van der Waals surface area contributed by atoms with Gasteiger partial charge in [-0.25, -0.2) is 13.4 Å². The minimum Gasteiger partial charge on any atom is -0.484 e. The van der Waals surface area contributed by atoms with Crippen LogP contribution in [-0.2, 0) is 10.0 Å². The van der Waals surface area contributed by atoms with Crippen LogP contribution in [0.4, 0.5) is 11.5 Å². The number of hydrogen-bond acceptors (Lipinski definition) is 5. The zero-order valence-electron chi connectivity index (χ0n) is 9.73. The maximum Gasteiger partial charge on any atom is 0.229 e. The van der Waals surface area contributed by atoms with Crippen molar-refractivity contribution >= 4 is 21.5 Å². The molecule has 0 spiro atoms. The highest BCUT2D eigenvalue weighted by Crippen LogP contribution is 2.36. The third-order valence-electron chi connectivity index (χ3n) is 2.25. The van der Waals surface area contributed by atoms with Gasteiger partial charge in [0.05, 0.1) is 18.0 Å². The first-order valence-electron chi connectivity index (χ1n) is 5.31. The highest BCUT2D eigenvalue weighted by Gasteiger charge is 2.26. The van der Waals surface area contributed by atoms with Gasteiger partial charge in [-0.3, -0.25) is 4.72 Å². The summed E-state index contributed by atoms with van der Waals surface area (Å²) in [6.07, 6.45) is 4.80. The Morgan fingerprint density at radius 2 is 2.18 bits per heavy atom. The maximum atomic E-state index is 11.2. The molecular weight excluding hydrogens is 242 g/mol. The van der Waals surface area contributed by atoms with Crippen molar-refractivity contribution < 1.29 is 13.2 Å². The Bertz CT molecular complexity index is 512. The van der Waals surface area contributed by atoms with E-state index in [1.807, 2.05) is 0 Å². The van der Waals surface area contributed by atoms with Gasteiger partial charge in [0.1, 0.15) is 0 Å². The molecule has 17 heavy (non-hydrogen) atoms. The molecule has 0 bridgehead atoms. The summed E-state index contributed by atoms with van der Waals surface area (Å²) in [5.74, 6) is 0.994. The number of rotatable bonds is 5. The number of nitrogens with zero attached hydrogens (tertiary/aromatic N) is 1. The standard InChI is InChI=1S/C10H15N3O3S/c1-11-10-9(16-7-3-4-7)8(5-6-12-10)13-17(2,14)15/h5-7H,3-4H2,1-2H3,(H2,11,12,13). The fourth-order valence-electron chi connectivity index (χ4n) is 1.38. The molecular formula is C10H15N3O3S. The summed E-state index contributed by atoms with van der Waals surface area (Å²) in [5.41, 5.74) is 0.416. The Labute approximate surface area is 100 Å². The van der Waals surface area contributed by atoms with E-state index in [9.17, 15) is 8.42 Å². The van der Waals surface area contributed by atoms with Crippen molar-refractivity contribution in [2.45, 2.75) is 18.9 Å². The second-order valence-electron chi connectivity index (χ2n) is 3.98. The van der Waals surface area contributed by atoms with E-state index in [4.69, 9.17) is 4.74 Å². The molecule has 0 aromatic carbocycles. The molecule has 0 unspecified atom stereocenters. The van der Waals surface area contributed by atoms with Crippen LogP contribution >= 0.6 is 0 Å². The lowest BCUT2D eigenvalue weighted by Crippen LogP contribution is -2.12. The third-order valence-corrected chi connectivity index (χ3v) is 2.84. The summed E-state index contributed by atoms with van der Waals surface area (Å²) in [5, 5.41) is 2.88. The van der Waals surface area contributed by atoms with Gasteiger partial charge >= 0.3 is 0 Å². The Balaban J connectivity index is 2.34. The zero-order valence-corrected chi connectivity index (χ0v) is 10.5. The van der Waals surface area contributed by atoms with Gasteiger partial charge in [0.2, 0.25) is 10.0 Å². The summed E-state index contributed by atoms with van der Waals surface area (Å²) >= 11 is 0. The van der Waals surface area contributed by atoms with Crippen molar-refractivity contribution in [1.29, 1.82) is 0 Å². The molecule has 6 nitrogen and oxygen atoms in total. The van der Waals surface area contributed by atoms with Crippen molar-refractivity contribution in [3.8, 4) is 5.75 Å². The molecule has 1 aromatic heterocycles. The van der Waals surface area contributed by atoms with Crippen LogP contribution < -0.4 is 14.8 Å². The van der Waals surface area contributed by atoms with Crippen LogP contribution in [0.2, 0.25) is 0 Å². The van der Waals surface area contributed by atoms with Crippen LogP contribution in [-0.4, -0.2) is 32.8 Å². The maximum absolute atomic E-state index is 11.2. The molecule has 1 aliphatic carbocycles. The lowest BCUT2D eigenvalue weighted by Gasteiger charge is -2.14. The molecule has 1 aromatic rings. The number of ether oxygens (including phenoxy) is 1. The summed E-state index contributed by atoms with van der Waals surface area (Å²) < 4.78 is 30.6. The molecule has 0 aliphatic heterocycles. The van der Waals surface area contributed by atoms with E-state index >= 15 is 0 Å². The molecule has 0 saturated heterocycles. The van der Waals surface area contributed by atoms with E-state index < -0.39 is 10.0 Å². The zero-order chi connectivity index (χ0) is 12.5. The van der Waals surface area contributed by atoms with Crippen molar-refractivity contribution in [3.05, 3.63) is 12.3 Å². The van der Waals surface area contributed by atoms with Crippen molar-refractivity contribution in [1.82, 2.24) is 4.98 Å². The number of anilines is 2. The first-order chi connectivity index (χ1) is 7.99. The fourth-order valence-corrected chi connectivity index (χ4v) is 1.94. The number of aromatic nitrogens is 1. The third kappa shape index (κ3) is 3.23. The first kappa shape index (κ1) is 12.0. The number of hydrogen-bond donors (Lipinski definition) is 2.